The summed E-state index contributed by atoms with van der Waals surface area (Å²) in [6.07, 6.45) is 1.64. The molecule has 2 aromatic heterocycles. The van der Waals surface area contributed by atoms with E-state index >= 15 is 0 Å². The van der Waals surface area contributed by atoms with Gasteiger partial charge in [0.2, 0.25) is 17.6 Å². The summed E-state index contributed by atoms with van der Waals surface area (Å²) in [5.41, 5.74) is -1.05. The highest BCUT2D eigenvalue weighted by atomic mass is 79.9. The predicted octanol–water partition coefficient (Wildman–Crippen LogP) is 2.32. The maximum atomic E-state index is 14.1. The molecule has 0 saturated carbocycles. The molecular weight excluding hydrogens is 423 g/mol. The Labute approximate surface area is 160 Å². The van der Waals surface area contributed by atoms with E-state index in [-0.39, 0.29) is 18.3 Å². The zero-order valence-electron chi connectivity index (χ0n) is 14.0. The van der Waals surface area contributed by atoms with Gasteiger partial charge < -0.3 is 9.15 Å². The molecule has 0 spiro atoms. The number of halogens is 2. The first-order valence-corrected chi connectivity index (χ1v) is 9.03. The van der Waals surface area contributed by atoms with Crippen LogP contribution in [0.3, 0.4) is 0 Å². The summed E-state index contributed by atoms with van der Waals surface area (Å²) in [4.78, 5) is 24.7. The monoisotopic (exact) mass is 436 g/mol. The number of ether oxygens (including phenoxy) is 1. The molecule has 0 amide bonds. The van der Waals surface area contributed by atoms with Gasteiger partial charge in [0.25, 0.3) is 5.56 Å². The van der Waals surface area contributed by atoms with Crippen LogP contribution < -0.4 is 11.2 Å². The summed E-state index contributed by atoms with van der Waals surface area (Å²) in [6, 6.07) is 7.19. The lowest BCUT2D eigenvalue weighted by molar-refractivity contribution is 0.0503. The molecule has 0 radical (unpaired) electrons. The molecule has 0 bridgehead atoms. The average molecular weight is 437 g/mol. The number of hydrogen-bond donors (Lipinski definition) is 0. The van der Waals surface area contributed by atoms with Crippen molar-refractivity contribution in [2.75, 3.05) is 6.61 Å². The molecule has 1 aromatic carbocycles. The topological polar surface area (TPSA) is 92.2 Å². The van der Waals surface area contributed by atoms with Crippen molar-refractivity contribution in [1.82, 2.24) is 19.3 Å². The predicted molar refractivity (Wildman–Crippen MR) is 95.7 cm³/mol. The zero-order chi connectivity index (χ0) is 19.0. The van der Waals surface area contributed by atoms with E-state index < -0.39 is 23.3 Å². The lowest BCUT2D eigenvalue weighted by atomic mass is 10.2. The normalized spacial score (nSPS) is 16.7. The third-order valence-electron chi connectivity index (χ3n) is 4.22. The van der Waals surface area contributed by atoms with Gasteiger partial charge in [-0.1, -0.05) is 15.9 Å². The lowest BCUT2D eigenvalue weighted by Gasteiger charge is -2.14. The van der Waals surface area contributed by atoms with E-state index in [9.17, 15) is 14.0 Å². The molecule has 1 saturated heterocycles. The van der Waals surface area contributed by atoms with Gasteiger partial charge in [0.05, 0.1) is 6.20 Å². The molecule has 8 nitrogen and oxygen atoms in total. The highest BCUT2D eigenvalue weighted by Gasteiger charge is 2.23. The number of aromatic nitrogens is 4. The van der Waals surface area contributed by atoms with E-state index in [4.69, 9.17) is 9.15 Å². The Morgan fingerprint density at radius 1 is 1.22 bits per heavy atom. The SMILES string of the molecule is O=c1c(F)cn(C2CCCO2)c(=O)n1Cc1nnc(-c2ccc(Br)cc2)o1. The van der Waals surface area contributed by atoms with Crippen LogP contribution in [0, 0.1) is 5.82 Å². The number of rotatable bonds is 4. The first-order chi connectivity index (χ1) is 13.0. The largest absolute Gasteiger partial charge is 0.419 e. The second kappa shape index (κ2) is 7.20. The number of benzene rings is 1. The third kappa shape index (κ3) is 3.50. The molecule has 1 fully saturated rings. The molecule has 4 rings (SSSR count). The second-order valence-corrected chi connectivity index (χ2v) is 6.95. The van der Waals surface area contributed by atoms with Crippen molar-refractivity contribution in [3.8, 4) is 11.5 Å². The molecule has 0 N–H and O–H groups in total. The molecule has 1 atom stereocenters. The Bertz CT molecular complexity index is 1080. The van der Waals surface area contributed by atoms with Crippen LogP contribution >= 0.6 is 15.9 Å². The minimum Gasteiger partial charge on any atom is -0.419 e. The van der Waals surface area contributed by atoms with Crippen molar-refractivity contribution in [3.05, 3.63) is 67.5 Å². The van der Waals surface area contributed by atoms with E-state index in [1.54, 1.807) is 12.1 Å². The fourth-order valence-corrected chi connectivity index (χ4v) is 3.14. The van der Waals surface area contributed by atoms with Gasteiger partial charge in [0.1, 0.15) is 12.8 Å². The maximum Gasteiger partial charge on any atom is 0.333 e. The van der Waals surface area contributed by atoms with Crippen LogP contribution in [0.2, 0.25) is 0 Å². The van der Waals surface area contributed by atoms with Gasteiger partial charge in [-0.25, -0.2) is 9.36 Å². The van der Waals surface area contributed by atoms with E-state index in [2.05, 4.69) is 26.1 Å². The van der Waals surface area contributed by atoms with Crippen LogP contribution in [-0.2, 0) is 11.3 Å². The molecule has 27 heavy (non-hydrogen) atoms. The van der Waals surface area contributed by atoms with Gasteiger partial charge in [0, 0.05) is 16.6 Å². The molecule has 10 heteroatoms. The molecule has 3 heterocycles. The van der Waals surface area contributed by atoms with Gasteiger partial charge in [-0.15, -0.1) is 10.2 Å². The van der Waals surface area contributed by atoms with Gasteiger partial charge in [-0.2, -0.15) is 4.39 Å². The highest BCUT2D eigenvalue weighted by Crippen LogP contribution is 2.22. The average Bonchev–Trinajstić information content (AvgIpc) is 3.34. The van der Waals surface area contributed by atoms with E-state index in [0.717, 1.165) is 26.2 Å². The van der Waals surface area contributed by atoms with E-state index in [0.29, 0.717) is 18.6 Å². The minimum atomic E-state index is -1.04. The van der Waals surface area contributed by atoms with E-state index in [1.807, 2.05) is 12.1 Å². The third-order valence-corrected chi connectivity index (χ3v) is 4.75. The molecule has 140 valence electrons. The van der Waals surface area contributed by atoms with Gasteiger partial charge in [0.15, 0.2) is 0 Å². The second-order valence-electron chi connectivity index (χ2n) is 6.03. The summed E-state index contributed by atoms with van der Waals surface area (Å²) >= 11 is 3.34. The van der Waals surface area contributed by atoms with Gasteiger partial charge >= 0.3 is 5.69 Å². The Balaban J connectivity index is 1.67. The fraction of sp³-hybridized carbons (Fsp3) is 0.294. The van der Waals surface area contributed by atoms with Crippen LogP contribution in [0.4, 0.5) is 4.39 Å². The molecular formula is C17H14BrFN4O4. The van der Waals surface area contributed by atoms with Gasteiger partial charge in [-0.05, 0) is 37.1 Å². The smallest absolute Gasteiger partial charge is 0.333 e. The molecule has 0 aliphatic carbocycles. The maximum absolute atomic E-state index is 14.1. The van der Waals surface area contributed by atoms with Crippen LogP contribution in [0.25, 0.3) is 11.5 Å². The summed E-state index contributed by atoms with van der Waals surface area (Å²) in [5, 5.41) is 7.78. The van der Waals surface area contributed by atoms with Crippen molar-refractivity contribution in [2.45, 2.75) is 25.6 Å². The first-order valence-electron chi connectivity index (χ1n) is 8.24. The van der Waals surface area contributed by atoms with Crippen LogP contribution in [0.1, 0.15) is 25.0 Å². The Morgan fingerprint density at radius 3 is 2.70 bits per heavy atom. The lowest BCUT2D eigenvalue weighted by Crippen LogP contribution is -2.42. The first kappa shape index (κ1) is 17.8. The summed E-state index contributed by atoms with van der Waals surface area (Å²) in [5.74, 6) is -0.782. The minimum absolute atomic E-state index is 0.0246. The zero-order valence-corrected chi connectivity index (χ0v) is 15.6. The summed E-state index contributed by atoms with van der Waals surface area (Å²) < 4.78 is 27.7. The standard InChI is InChI=1S/C17H14BrFN4O4/c18-11-5-3-10(4-6-11)15-21-20-13(27-15)9-23-16(24)12(19)8-22(17(23)25)14-2-1-7-26-14/h3-6,8,14H,1-2,7,9H2. The fourth-order valence-electron chi connectivity index (χ4n) is 2.88. The molecule has 1 aliphatic heterocycles. The summed E-state index contributed by atoms with van der Waals surface area (Å²) in [6.45, 7) is 0.156. The van der Waals surface area contributed by atoms with Crippen molar-refractivity contribution >= 4 is 15.9 Å². The van der Waals surface area contributed by atoms with Crippen LogP contribution in [0.15, 0.2) is 48.9 Å². The molecule has 1 aliphatic rings. The number of hydrogen-bond acceptors (Lipinski definition) is 6. The Hall–Kier alpha value is -2.59. The number of nitrogens with zero attached hydrogens (tertiary/aromatic N) is 4. The highest BCUT2D eigenvalue weighted by molar-refractivity contribution is 9.10. The van der Waals surface area contributed by atoms with Gasteiger partial charge in [-0.3, -0.25) is 9.36 Å². The van der Waals surface area contributed by atoms with Crippen molar-refractivity contribution in [2.24, 2.45) is 0 Å². The quantitative estimate of drug-likeness (QED) is 0.622. The van der Waals surface area contributed by atoms with Crippen LogP contribution in [0.5, 0.6) is 0 Å². The molecule has 1 unspecified atom stereocenters. The van der Waals surface area contributed by atoms with E-state index in [1.165, 1.54) is 0 Å². The van der Waals surface area contributed by atoms with Crippen molar-refractivity contribution in [1.29, 1.82) is 0 Å². The van der Waals surface area contributed by atoms with Crippen molar-refractivity contribution < 1.29 is 13.5 Å². The Morgan fingerprint density at radius 2 is 2.00 bits per heavy atom. The summed E-state index contributed by atoms with van der Waals surface area (Å²) in [7, 11) is 0. The van der Waals surface area contributed by atoms with Crippen molar-refractivity contribution in [3.63, 3.8) is 0 Å². The Kier molecular flexibility index (Phi) is 4.75. The van der Waals surface area contributed by atoms with Crippen LogP contribution in [-0.4, -0.2) is 25.9 Å². The molecule has 3 aromatic rings.